The number of carboxylic acids is 1. The number of thiophene rings is 1. The third-order valence-electron chi connectivity index (χ3n) is 3.66. The zero-order valence-corrected chi connectivity index (χ0v) is 14.8. The molecule has 0 bridgehead atoms. The first-order valence-corrected chi connectivity index (χ1v) is 8.48. The first kappa shape index (κ1) is 17.6. The van der Waals surface area contributed by atoms with Gasteiger partial charge in [0.15, 0.2) is 0 Å². The fourth-order valence-electron chi connectivity index (χ4n) is 2.48. The normalized spacial score (nSPS) is 10.7. The van der Waals surface area contributed by atoms with Crippen molar-refractivity contribution in [2.75, 3.05) is 11.9 Å². The lowest BCUT2D eigenvalue weighted by atomic mass is 10.1. The van der Waals surface area contributed by atoms with E-state index in [4.69, 9.17) is 9.84 Å². The lowest BCUT2D eigenvalue weighted by Gasteiger charge is -2.07. The van der Waals surface area contributed by atoms with Gasteiger partial charge < -0.3 is 20.3 Å². The van der Waals surface area contributed by atoms with Gasteiger partial charge in [-0.15, -0.1) is 11.3 Å². The molecule has 8 nitrogen and oxygen atoms in total. The minimum atomic E-state index is -1.28. The molecular weight excluding hydrogens is 358 g/mol. The summed E-state index contributed by atoms with van der Waals surface area (Å²) < 4.78 is 5.50. The Hall–Kier alpha value is -3.20. The number of aromatic carboxylic acids is 1. The number of hydrogen-bond donors (Lipinski definition) is 3. The van der Waals surface area contributed by atoms with Gasteiger partial charge in [0, 0.05) is 5.69 Å². The SMILES string of the molecule is CCOc1ncnc2sc(C(=O)Nc3ccc(O)c(C(=O)O)c3)c(C)c12. The highest BCUT2D eigenvalue weighted by Gasteiger charge is 2.20. The molecule has 3 rings (SSSR count). The number of amides is 1. The number of aromatic hydroxyl groups is 1. The van der Waals surface area contributed by atoms with Gasteiger partial charge in [-0.3, -0.25) is 4.79 Å². The Bertz CT molecular complexity index is 1020. The minimum Gasteiger partial charge on any atom is -0.507 e. The van der Waals surface area contributed by atoms with Gasteiger partial charge in [-0.2, -0.15) is 0 Å². The van der Waals surface area contributed by atoms with Gasteiger partial charge >= 0.3 is 5.97 Å². The van der Waals surface area contributed by atoms with E-state index in [9.17, 15) is 14.7 Å². The zero-order valence-electron chi connectivity index (χ0n) is 13.9. The number of phenols is 1. The second kappa shape index (κ2) is 6.96. The van der Waals surface area contributed by atoms with Crippen molar-refractivity contribution in [2.45, 2.75) is 13.8 Å². The molecule has 0 spiro atoms. The lowest BCUT2D eigenvalue weighted by molar-refractivity contribution is 0.0693. The van der Waals surface area contributed by atoms with Crippen LogP contribution in [-0.2, 0) is 0 Å². The summed E-state index contributed by atoms with van der Waals surface area (Å²) in [5.74, 6) is -1.64. The second-order valence-corrected chi connectivity index (χ2v) is 6.34. The van der Waals surface area contributed by atoms with Crippen molar-refractivity contribution in [3.05, 3.63) is 40.5 Å². The van der Waals surface area contributed by atoms with Crippen LogP contribution in [0.3, 0.4) is 0 Å². The molecule has 0 fully saturated rings. The van der Waals surface area contributed by atoms with Crippen LogP contribution in [0, 0.1) is 6.92 Å². The van der Waals surface area contributed by atoms with E-state index in [1.54, 1.807) is 6.92 Å². The van der Waals surface area contributed by atoms with Crippen LogP contribution in [0.1, 0.15) is 32.5 Å². The van der Waals surface area contributed by atoms with Crippen molar-refractivity contribution < 1.29 is 24.5 Å². The number of aryl methyl sites for hydroxylation is 1. The molecule has 9 heteroatoms. The fraction of sp³-hybridized carbons (Fsp3) is 0.176. The first-order valence-electron chi connectivity index (χ1n) is 7.67. The van der Waals surface area contributed by atoms with E-state index in [0.717, 1.165) is 0 Å². The second-order valence-electron chi connectivity index (χ2n) is 5.34. The predicted octanol–water partition coefficient (Wildman–Crippen LogP) is 3.05. The number of carbonyl (C=O) groups excluding carboxylic acids is 1. The highest BCUT2D eigenvalue weighted by Crippen LogP contribution is 2.35. The highest BCUT2D eigenvalue weighted by atomic mass is 32.1. The molecule has 0 saturated heterocycles. The van der Waals surface area contributed by atoms with E-state index >= 15 is 0 Å². The first-order chi connectivity index (χ1) is 12.4. The molecule has 2 heterocycles. The zero-order chi connectivity index (χ0) is 18.8. The number of rotatable bonds is 5. The standard InChI is InChI=1S/C17H15N3O5S/c1-3-25-15-12-8(2)13(26-16(12)19-7-18-15)14(22)20-9-4-5-11(21)10(6-9)17(23)24/h4-7,21H,3H2,1-2H3,(H,20,22)(H,23,24). The van der Waals surface area contributed by atoms with E-state index < -0.39 is 11.9 Å². The summed E-state index contributed by atoms with van der Waals surface area (Å²) >= 11 is 1.20. The summed E-state index contributed by atoms with van der Waals surface area (Å²) in [4.78, 5) is 33.1. The average Bonchev–Trinajstić information content (AvgIpc) is 2.94. The number of nitrogens with one attached hydrogen (secondary N) is 1. The van der Waals surface area contributed by atoms with E-state index in [1.807, 2.05) is 6.92 Å². The number of fused-ring (bicyclic) bond motifs is 1. The number of carboxylic acid groups (broad SMARTS) is 1. The van der Waals surface area contributed by atoms with Crippen LogP contribution in [0.25, 0.3) is 10.2 Å². The van der Waals surface area contributed by atoms with Crippen molar-refractivity contribution in [3.8, 4) is 11.6 Å². The average molecular weight is 373 g/mol. The minimum absolute atomic E-state index is 0.262. The third kappa shape index (κ3) is 3.16. The highest BCUT2D eigenvalue weighted by molar-refractivity contribution is 7.20. The number of anilines is 1. The van der Waals surface area contributed by atoms with E-state index in [1.165, 1.54) is 35.9 Å². The molecule has 1 amide bonds. The Labute approximate surface area is 152 Å². The number of hydrogen-bond acceptors (Lipinski definition) is 7. The summed E-state index contributed by atoms with van der Waals surface area (Å²) in [5.41, 5.74) is 0.655. The Morgan fingerprint density at radius 1 is 1.31 bits per heavy atom. The topological polar surface area (TPSA) is 122 Å². The van der Waals surface area contributed by atoms with Gasteiger partial charge in [0.05, 0.1) is 16.9 Å². The van der Waals surface area contributed by atoms with Crippen LogP contribution in [0.15, 0.2) is 24.5 Å². The Balaban J connectivity index is 1.96. The maximum Gasteiger partial charge on any atom is 0.339 e. The maximum atomic E-state index is 12.6. The molecule has 0 saturated carbocycles. The predicted molar refractivity (Wildman–Crippen MR) is 96.3 cm³/mol. The van der Waals surface area contributed by atoms with Gasteiger partial charge in [-0.1, -0.05) is 0 Å². The van der Waals surface area contributed by atoms with E-state index in [2.05, 4.69) is 15.3 Å². The molecule has 0 aliphatic rings. The Morgan fingerprint density at radius 3 is 2.77 bits per heavy atom. The molecular formula is C17H15N3O5S. The van der Waals surface area contributed by atoms with E-state index in [0.29, 0.717) is 33.1 Å². The van der Waals surface area contributed by atoms with Crippen molar-refractivity contribution in [3.63, 3.8) is 0 Å². The smallest absolute Gasteiger partial charge is 0.339 e. The Kier molecular flexibility index (Phi) is 4.72. The molecule has 2 aromatic heterocycles. The quantitative estimate of drug-likeness (QED) is 0.588. The molecule has 134 valence electrons. The molecule has 3 aromatic rings. The van der Waals surface area contributed by atoms with Crippen molar-refractivity contribution in [1.82, 2.24) is 9.97 Å². The molecule has 0 atom stereocenters. The monoisotopic (exact) mass is 373 g/mol. The summed E-state index contributed by atoms with van der Waals surface area (Å²) in [6.45, 7) is 4.06. The van der Waals surface area contributed by atoms with Crippen LogP contribution in [0.4, 0.5) is 5.69 Å². The van der Waals surface area contributed by atoms with Crippen LogP contribution in [-0.4, -0.2) is 38.7 Å². The molecule has 0 unspecified atom stereocenters. The number of carbonyl (C=O) groups is 2. The molecule has 0 radical (unpaired) electrons. The molecule has 26 heavy (non-hydrogen) atoms. The van der Waals surface area contributed by atoms with Crippen LogP contribution in [0.2, 0.25) is 0 Å². The van der Waals surface area contributed by atoms with Gasteiger partial charge in [0.25, 0.3) is 5.91 Å². The van der Waals surface area contributed by atoms with Gasteiger partial charge in [0.2, 0.25) is 5.88 Å². The van der Waals surface area contributed by atoms with Crippen molar-refractivity contribution in [1.29, 1.82) is 0 Å². The third-order valence-corrected chi connectivity index (χ3v) is 4.86. The fourth-order valence-corrected chi connectivity index (χ4v) is 3.51. The van der Waals surface area contributed by atoms with Crippen LogP contribution < -0.4 is 10.1 Å². The largest absolute Gasteiger partial charge is 0.507 e. The molecule has 0 aliphatic heterocycles. The summed E-state index contributed by atoms with van der Waals surface area (Å²) in [7, 11) is 0. The summed E-state index contributed by atoms with van der Waals surface area (Å²) in [5, 5.41) is 21.9. The van der Waals surface area contributed by atoms with Crippen molar-refractivity contribution in [2.24, 2.45) is 0 Å². The molecule has 0 aliphatic carbocycles. The number of ether oxygens (including phenoxy) is 1. The van der Waals surface area contributed by atoms with Gasteiger partial charge in [-0.05, 0) is 37.6 Å². The summed E-state index contributed by atoms with van der Waals surface area (Å²) in [6.07, 6.45) is 1.38. The Morgan fingerprint density at radius 2 is 2.08 bits per heavy atom. The van der Waals surface area contributed by atoms with E-state index in [-0.39, 0.29) is 17.0 Å². The number of aromatic nitrogens is 2. The van der Waals surface area contributed by atoms with Crippen molar-refractivity contribution >= 4 is 39.1 Å². The molecule has 1 aromatic carbocycles. The number of benzene rings is 1. The molecule has 3 N–H and O–H groups in total. The van der Waals surface area contributed by atoms with Crippen LogP contribution >= 0.6 is 11.3 Å². The van der Waals surface area contributed by atoms with Gasteiger partial charge in [-0.25, -0.2) is 14.8 Å². The number of nitrogens with zero attached hydrogens (tertiary/aromatic N) is 2. The van der Waals surface area contributed by atoms with Gasteiger partial charge in [0.1, 0.15) is 22.5 Å². The maximum absolute atomic E-state index is 12.6. The van der Waals surface area contributed by atoms with Crippen LogP contribution in [0.5, 0.6) is 11.6 Å². The summed E-state index contributed by atoms with van der Waals surface area (Å²) in [6, 6.07) is 3.84. The lowest BCUT2D eigenvalue weighted by Crippen LogP contribution is -2.12.